The fourth-order valence-electron chi connectivity index (χ4n) is 6.07. The van der Waals surface area contributed by atoms with Crippen LogP contribution in [0.1, 0.15) is 94.6 Å². The Morgan fingerprint density at radius 3 is 2.45 bits per heavy atom. The fraction of sp³-hybridized carbons (Fsp3) is 0.457. The molecule has 0 aliphatic heterocycles. The van der Waals surface area contributed by atoms with E-state index in [9.17, 15) is 22.8 Å². The maximum absolute atomic E-state index is 13.3. The van der Waals surface area contributed by atoms with Crippen LogP contribution in [0, 0.1) is 25.2 Å². The summed E-state index contributed by atoms with van der Waals surface area (Å²) in [6.07, 6.45) is 2.18. The zero-order valence-corrected chi connectivity index (χ0v) is 29.3. The summed E-state index contributed by atoms with van der Waals surface area (Å²) in [7, 11) is 0. The average molecular weight is 696 g/mol. The van der Waals surface area contributed by atoms with E-state index < -0.39 is 23.0 Å². The summed E-state index contributed by atoms with van der Waals surface area (Å²) in [5.74, 6) is 1.96. The number of halogens is 3. The SMILES string of the molecule is CCCC(=O)C1(N(C(C)=S)c2ccc(OCC)c(-c3nn4c(CCC)nc(C)c4c(=O)[nH]3)c2)CCC1.Cc1cnc(C#N)c(C(F)(F)F)c1. The minimum Gasteiger partial charge on any atom is -0.493 e. The molecule has 5 rings (SSSR count). The number of rotatable bonds is 10. The second-order valence-corrected chi connectivity index (χ2v) is 12.6. The number of pyridine rings is 1. The Morgan fingerprint density at radius 2 is 1.90 bits per heavy atom. The van der Waals surface area contributed by atoms with Crippen LogP contribution in [-0.4, -0.2) is 47.5 Å². The summed E-state index contributed by atoms with van der Waals surface area (Å²) < 4.78 is 44.2. The van der Waals surface area contributed by atoms with E-state index in [1.807, 2.05) is 50.8 Å². The molecule has 14 heteroatoms. The predicted molar refractivity (Wildman–Crippen MR) is 185 cm³/mol. The number of nitrogens with one attached hydrogen (secondary N) is 1. The number of H-pyrrole nitrogens is 1. The predicted octanol–water partition coefficient (Wildman–Crippen LogP) is 7.47. The lowest BCUT2D eigenvalue weighted by Crippen LogP contribution is -2.61. The Hall–Kier alpha value is -4.64. The van der Waals surface area contributed by atoms with Crippen LogP contribution in [0.15, 0.2) is 35.3 Å². The van der Waals surface area contributed by atoms with Gasteiger partial charge in [-0.25, -0.2) is 14.5 Å². The number of ether oxygens (including phenoxy) is 1. The maximum Gasteiger partial charge on any atom is 0.419 e. The summed E-state index contributed by atoms with van der Waals surface area (Å²) >= 11 is 5.68. The molecule has 1 saturated carbocycles. The minimum absolute atomic E-state index is 0.224. The highest BCUT2D eigenvalue weighted by atomic mass is 32.1. The van der Waals surface area contributed by atoms with Crippen LogP contribution in [0.2, 0.25) is 0 Å². The number of imidazole rings is 1. The Labute approximate surface area is 288 Å². The third-order valence-corrected chi connectivity index (χ3v) is 8.53. The molecule has 260 valence electrons. The molecule has 3 aromatic heterocycles. The number of nitriles is 1. The summed E-state index contributed by atoms with van der Waals surface area (Å²) in [4.78, 5) is 39.9. The van der Waals surface area contributed by atoms with Gasteiger partial charge in [0.2, 0.25) is 0 Å². The van der Waals surface area contributed by atoms with E-state index in [1.165, 1.54) is 19.2 Å². The number of Topliss-reactive ketones (excluding diaryl/α,β-unsaturated/α-hetero) is 1. The first-order chi connectivity index (χ1) is 23.2. The van der Waals surface area contributed by atoms with Crippen molar-refractivity contribution in [1.29, 1.82) is 5.26 Å². The number of hydrogen-bond acceptors (Lipinski definition) is 8. The van der Waals surface area contributed by atoms with Crippen molar-refractivity contribution in [2.24, 2.45) is 0 Å². The topological polar surface area (TPSA) is 129 Å². The Bertz CT molecular complexity index is 1960. The lowest BCUT2D eigenvalue weighted by molar-refractivity contribution is -0.138. The van der Waals surface area contributed by atoms with Crippen LogP contribution in [0.3, 0.4) is 0 Å². The zero-order chi connectivity index (χ0) is 36.1. The molecule has 49 heavy (non-hydrogen) atoms. The van der Waals surface area contributed by atoms with Gasteiger partial charge in [0, 0.05) is 24.7 Å². The number of aryl methyl sites for hydroxylation is 3. The third-order valence-electron chi connectivity index (χ3n) is 8.35. The van der Waals surface area contributed by atoms with Gasteiger partial charge >= 0.3 is 6.18 Å². The van der Waals surface area contributed by atoms with Gasteiger partial charge in [0.25, 0.3) is 5.56 Å². The van der Waals surface area contributed by atoms with Crippen LogP contribution >= 0.6 is 12.2 Å². The Kier molecular flexibility index (Phi) is 11.6. The van der Waals surface area contributed by atoms with Crippen molar-refractivity contribution in [1.82, 2.24) is 24.6 Å². The Morgan fingerprint density at radius 1 is 1.18 bits per heavy atom. The number of anilines is 1. The van der Waals surface area contributed by atoms with Crippen molar-refractivity contribution in [2.45, 2.75) is 98.2 Å². The number of ketones is 1. The highest BCUT2D eigenvalue weighted by Crippen LogP contribution is 2.44. The molecule has 1 aliphatic rings. The third kappa shape index (κ3) is 7.67. The van der Waals surface area contributed by atoms with E-state index in [-0.39, 0.29) is 11.3 Å². The van der Waals surface area contributed by atoms with Crippen molar-refractivity contribution in [2.75, 3.05) is 11.5 Å². The molecular weight excluding hydrogens is 655 g/mol. The quantitative estimate of drug-likeness (QED) is 0.168. The number of alkyl halides is 3. The summed E-state index contributed by atoms with van der Waals surface area (Å²) in [5.41, 5.74) is 0.486. The highest BCUT2D eigenvalue weighted by molar-refractivity contribution is 7.80. The first kappa shape index (κ1) is 37.2. The van der Waals surface area contributed by atoms with E-state index in [2.05, 4.69) is 21.9 Å². The van der Waals surface area contributed by atoms with Gasteiger partial charge in [-0.3, -0.25) is 9.59 Å². The summed E-state index contributed by atoms with van der Waals surface area (Å²) in [5, 5.41) is 13.2. The Balaban J connectivity index is 0.000000350. The van der Waals surface area contributed by atoms with Gasteiger partial charge in [-0.15, -0.1) is 5.10 Å². The number of benzene rings is 1. The number of aromatic amines is 1. The maximum atomic E-state index is 13.3. The minimum atomic E-state index is -4.51. The lowest BCUT2D eigenvalue weighted by Gasteiger charge is -2.50. The largest absolute Gasteiger partial charge is 0.493 e. The molecule has 0 bridgehead atoms. The summed E-state index contributed by atoms with van der Waals surface area (Å²) in [6, 6.07) is 8.03. The number of thiocarbonyl (C=S) groups is 1. The van der Waals surface area contributed by atoms with Crippen molar-refractivity contribution < 1.29 is 22.7 Å². The van der Waals surface area contributed by atoms with Crippen molar-refractivity contribution in [3.63, 3.8) is 0 Å². The molecule has 1 aliphatic carbocycles. The van der Waals surface area contributed by atoms with Crippen molar-refractivity contribution >= 4 is 34.2 Å². The van der Waals surface area contributed by atoms with Crippen LogP contribution in [0.4, 0.5) is 18.9 Å². The van der Waals surface area contributed by atoms with Crippen LogP contribution in [0.5, 0.6) is 5.75 Å². The standard InChI is InChI=1S/C27H35N5O3S.C8H5F3N2/c1-6-10-22(33)27(14-9-15-27)31(18(5)36)19-12-13-21(35-8-3)20(16-19)25-29-26(34)24-17(4)28-23(11-7-2)32(24)30-25;1-5-2-6(8(9,10)11)7(3-12)13-4-5/h12-13,16H,6-11,14-15H2,1-5H3,(H,29,30,34);2,4H,1H3. The van der Waals surface area contributed by atoms with Crippen LogP contribution in [-0.2, 0) is 17.4 Å². The molecule has 1 N–H and O–H groups in total. The molecule has 0 radical (unpaired) electrons. The van der Waals surface area contributed by atoms with Gasteiger partial charge in [0.15, 0.2) is 22.8 Å². The van der Waals surface area contributed by atoms with E-state index in [0.29, 0.717) is 58.3 Å². The average Bonchev–Trinajstić information content (AvgIpc) is 3.34. The number of aromatic nitrogens is 5. The van der Waals surface area contributed by atoms with Crippen LogP contribution in [0.25, 0.3) is 16.9 Å². The first-order valence-electron chi connectivity index (χ1n) is 16.3. The van der Waals surface area contributed by atoms with E-state index in [1.54, 1.807) is 4.52 Å². The van der Waals surface area contributed by atoms with Gasteiger partial charge in [-0.1, -0.05) is 26.1 Å². The zero-order valence-electron chi connectivity index (χ0n) is 28.5. The van der Waals surface area contributed by atoms with Crippen LogP contribution < -0.4 is 15.2 Å². The van der Waals surface area contributed by atoms with Gasteiger partial charge in [-0.2, -0.15) is 18.4 Å². The lowest BCUT2D eigenvalue weighted by atomic mass is 9.70. The number of carbonyl (C=O) groups excluding carboxylic acids is 1. The highest BCUT2D eigenvalue weighted by Gasteiger charge is 2.49. The van der Waals surface area contributed by atoms with Gasteiger partial charge in [0.05, 0.1) is 28.4 Å². The molecule has 1 aromatic carbocycles. The summed E-state index contributed by atoms with van der Waals surface area (Å²) in [6.45, 7) is 11.6. The monoisotopic (exact) mass is 695 g/mol. The molecule has 10 nitrogen and oxygen atoms in total. The van der Waals surface area contributed by atoms with Crippen molar-refractivity contribution in [3.8, 4) is 23.2 Å². The molecule has 3 heterocycles. The smallest absolute Gasteiger partial charge is 0.419 e. The van der Waals surface area contributed by atoms with E-state index >= 15 is 0 Å². The normalized spacial score (nSPS) is 13.6. The molecule has 0 spiro atoms. The molecule has 4 aromatic rings. The van der Waals surface area contributed by atoms with Gasteiger partial charge < -0.3 is 14.6 Å². The fourth-order valence-corrected chi connectivity index (χ4v) is 6.35. The first-order valence-corrected chi connectivity index (χ1v) is 16.7. The molecule has 0 amide bonds. The number of hydrogen-bond donors (Lipinski definition) is 1. The van der Waals surface area contributed by atoms with Crippen molar-refractivity contribution in [3.05, 3.63) is 69.2 Å². The second-order valence-electron chi connectivity index (χ2n) is 12.0. The number of nitrogens with zero attached hydrogens (tertiary/aromatic N) is 6. The second kappa shape index (κ2) is 15.3. The molecule has 0 unspecified atom stereocenters. The molecule has 0 saturated heterocycles. The molecule has 1 fully saturated rings. The van der Waals surface area contributed by atoms with Gasteiger partial charge in [-0.05, 0) is 89.6 Å². The molecular formula is C35H40F3N7O3S. The molecule has 0 atom stereocenters. The van der Waals surface area contributed by atoms with E-state index in [0.717, 1.165) is 49.7 Å². The van der Waals surface area contributed by atoms with Gasteiger partial charge in [0.1, 0.15) is 23.2 Å². The number of fused-ring (bicyclic) bond motifs is 1. The number of carbonyl (C=O) groups is 1. The van der Waals surface area contributed by atoms with E-state index in [4.69, 9.17) is 27.3 Å².